The van der Waals surface area contributed by atoms with Crippen molar-refractivity contribution in [3.05, 3.63) is 33.3 Å². The van der Waals surface area contributed by atoms with Gasteiger partial charge in [-0.1, -0.05) is 6.92 Å². The van der Waals surface area contributed by atoms with Gasteiger partial charge in [0.1, 0.15) is 0 Å². The van der Waals surface area contributed by atoms with E-state index in [1.165, 1.54) is 10.9 Å². The number of Topliss-reactive ketones (excluding diaryl/α,β-unsaturated/α-hetero) is 1. The molecule has 0 amide bonds. The molecule has 1 aromatic heterocycles. The first-order valence-corrected chi connectivity index (χ1v) is 10.5. The second-order valence-corrected chi connectivity index (χ2v) is 8.58. The van der Waals surface area contributed by atoms with Crippen LogP contribution in [0.25, 0.3) is 10.9 Å². The lowest BCUT2D eigenvalue weighted by Gasteiger charge is -2.28. The first-order chi connectivity index (χ1) is 12.5. The Morgan fingerprint density at radius 1 is 1.43 bits per heavy atom. The molecule has 2 aromatic rings. The second-order valence-electron chi connectivity index (χ2n) is 6.42. The van der Waals surface area contributed by atoms with Crippen molar-refractivity contribution in [2.45, 2.75) is 49.8 Å². The van der Waals surface area contributed by atoms with Crippen molar-refractivity contribution in [3.8, 4) is 0 Å². The number of thioether (sulfide) groups is 1. The van der Waals surface area contributed by atoms with Crippen LogP contribution in [0.5, 0.6) is 0 Å². The lowest BCUT2D eigenvalue weighted by Crippen LogP contribution is -2.46. The number of benzene rings is 1. The highest BCUT2D eigenvalue weighted by Crippen LogP contribution is 2.30. The Labute approximate surface area is 197 Å². The molecule has 3 rings (SSSR count). The average molecular weight is 602 g/mol. The van der Waals surface area contributed by atoms with Gasteiger partial charge in [-0.3, -0.25) is 14.2 Å². The summed E-state index contributed by atoms with van der Waals surface area (Å²) in [5, 5.41) is 13.7. The summed E-state index contributed by atoms with van der Waals surface area (Å²) in [7, 11) is 0. The number of carbonyl (C=O) groups excluding carboxylic acids is 1. The Morgan fingerprint density at radius 3 is 2.86 bits per heavy atom. The molecule has 1 saturated heterocycles. The lowest BCUT2D eigenvalue weighted by molar-refractivity contribution is -0.121. The molecule has 1 fully saturated rings. The number of aliphatic hydroxyl groups excluding tert-OH is 1. The monoisotopic (exact) mass is 599 g/mol. The highest BCUT2D eigenvalue weighted by molar-refractivity contribution is 9.10. The lowest BCUT2D eigenvalue weighted by atomic mass is 9.97. The van der Waals surface area contributed by atoms with Crippen LogP contribution in [0.4, 0.5) is 0 Å². The minimum absolute atomic E-state index is 0. The number of ketones is 1. The van der Waals surface area contributed by atoms with E-state index >= 15 is 0 Å². The molecule has 6 nitrogen and oxygen atoms in total. The van der Waals surface area contributed by atoms with E-state index in [4.69, 9.17) is 0 Å². The Kier molecular flexibility index (Phi) is 10.9. The maximum absolute atomic E-state index is 12.8. The smallest absolute Gasteiger partial charge is 0.261 e. The van der Waals surface area contributed by atoms with Gasteiger partial charge >= 0.3 is 0 Å². The zero-order valence-electron chi connectivity index (χ0n) is 15.4. The van der Waals surface area contributed by atoms with Gasteiger partial charge in [-0.25, -0.2) is 4.98 Å². The largest absolute Gasteiger partial charge is 0.391 e. The van der Waals surface area contributed by atoms with E-state index in [2.05, 4.69) is 33.2 Å². The Hall–Kier alpha value is -0.260. The number of aromatic nitrogens is 2. The first-order valence-electron chi connectivity index (χ1n) is 8.74. The summed E-state index contributed by atoms with van der Waals surface area (Å²) in [5.41, 5.74) is 0.390. The van der Waals surface area contributed by atoms with Gasteiger partial charge in [-0.2, -0.15) is 0 Å². The molecule has 10 heteroatoms. The summed E-state index contributed by atoms with van der Waals surface area (Å²) >= 11 is 5.15. The van der Waals surface area contributed by atoms with Crippen LogP contribution in [-0.4, -0.2) is 44.9 Å². The SMILES string of the molecule is Br.Br.CCSc1cc2c(=O)n(CC(=O)C[C@H]3NCCC[C@@H]3O)cnc2cc1Br. The number of halogens is 3. The molecule has 0 radical (unpaired) electrons. The van der Waals surface area contributed by atoms with Gasteiger partial charge in [0, 0.05) is 21.8 Å². The predicted octanol–water partition coefficient (Wildman–Crippen LogP) is 3.50. The molecule has 0 bridgehead atoms. The van der Waals surface area contributed by atoms with Gasteiger partial charge in [0.2, 0.25) is 0 Å². The van der Waals surface area contributed by atoms with Gasteiger partial charge in [0.15, 0.2) is 5.78 Å². The van der Waals surface area contributed by atoms with Crippen molar-refractivity contribution >= 4 is 78.3 Å². The highest BCUT2D eigenvalue weighted by atomic mass is 79.9. The third-order valence-corrected chi connectivity index (χ3v) is 6.38. The van der Waals surface area contributed by atoms with E-state index in [9.17, 15) is 14.7 Å². The van der Waals surface area contributed by atoms with E-state index in [0.29, 0.717) is 17.3 Å². The first kappa shape index (κ1) is 25.8. The van der Waals surface area contributed by atoms with Crippen molar-refractivity contribution in [2.24, 2.45) is 0 Å². The van der Waals surface area contributed by atoms with Crippen LogP contribution in [0, 0.1) is 0 Å². The predicted molar refractivity (Wildman–Crippen MR) is 127 cm³/mol. The van der Waals surface area contributed by atoms with Gasteiger partial charge in [0.05, 0.1) is 29.9 Å². The average Bonchev–Trinajstić information content (AvgIpc) is 2.61. The standard InChI is InChI=1S/C18H22BrN3O3S.2BrH/c1-2-26-17-7-12-14(8-13(17)19)21-10-22(18(12)25)9-11(23)6-15-16(24)4-3-5-20-15;;/h7-8,10,15-16,20,24H,2-6,9H2,1H3;2*1H/t15-,16+;;/m1../s1. The third kappa shape index (κ3) is 6.12. The van der Waals surface area contributed by atoms with Crippen LogP contribution in [0.1, 0.15) is 26.2 Å². The quantitative estimate of drug-likeness (QED) is 0.493. The molecule has 2 N–H and O–H groups in total. The number of piperidine rings is 1. The van der Waals surface area contributed by atoms with E-state index in [1.807, 2.05) is 12.1 Å². The topological polar surface area (TPSA) is 84.2 Å². The van der Waals surface area contributed by atoms with Crippen LogP contribution >= 0.6 is 61.7 Å². The molecule has 2 heterocycles. The number of rotatable bonds is 6. The van der Waals surface area contributed by atoms with Crippen LogP contribution in [-0.2, 0) is 11.3 Å². The molecule has 0 spiro atoms. The van der Waals surface area contributed by atoms with Gasteiger partial charge in [-0.15, -0.1) is 45.7 Å². The maximum atomic E-state index is 12.8. The molecule has 2 atom stereocenters. The second kappa shape index (κ2) is 11.8. The number of hydrogen-bond donors (Lipinski definition) is 2. The van der Waals surface area contributed by atoms with Crippen molar-refractivity contribution in [1.29, 1.82) is 0 Å². The molecule has 1 aromatic carbocycles. The molecule has 28 heavy (non-hydrogen) atoms. The van der Waals surface area contributed by atoms with Crippen molar-refractivity contribution < 1.29 is 9.90 Å². The van der Waals surface area contributed by atoms with Crippen LogP contribution < -0.4 is 10.9 Å². The molecule has 0 unspecified atom stereocenters. The number of carbonyl (C=O) groups is 1. The molecule has 156 valence electrons. The maximum Gasteiger partial charge on any atom is 0.261 e. The van der Waals surface area contributed by atoms with E-state index in [-0.39, 0.29) is 64.3 Å². The molecule has 0 saturated carbocycles. The zero-order chi connectivity index (χ0) is 18.7. The molecule has 0 aliphatic carbocycles. The summed E-state index contributed by atoms with van der Waals surface area (Å²) in [4.78, 5) is 30.5. The fourth-order valence-corrected chi connectivity index (χ4v) is 4.57. The van der Waals surface area contributed by atoms with Crippen LogP contribution in [0.15, 0.2) is 32.6 Å². The minimum atomic E-state index is -0.509. The Balaban J connectivity index is 0.00000196. The van der Waals surface area contributed by atoms with E-state index < -0.39 is 6.10 Å². The minimum Gasteiger partial charge on any atom is -0.391 e. The molecular weight excluding hydrogens is 578 g/mol. The number of nitrogens with one attached hydrogen (secondary N) is 1. The summed E-state index contributed by atoms with van der Waals surface area (Å²) in [6.07, 6.45) is 2.74. The fraction of sp³-hybridized carbons (Fsp3) is 0.500. The highest BCUT2D eigenvalue weighted by Gasteiger charge is 2.25. The van der Waals surface area contributed by atoms with E-state index in [1.54, 1.807) is 11.8 Å². The number of fused-ring (bicyclic) bond motifs is 1. The Morgan fingerprint density at radius 2 is 2.18 bits per heavy atom. The Bertz CT molecular complexity index is 878. The van der Waals surface area contributed by atoms with Gasteiger partial charge in [-0.05, 0) is 53.2 Å². The normalized spacial score (nSPS) is 19.0. The summed E-state index contributed by atoms with van der Waals surface area (Å²) < 4.78 is 2.27. The zero-order valence-corrected chi connectivity index (χ0v) is 21.2. The molecule has 1 aliphatic heterocycles. The summed E-state index contributed by atoms with van der Waals surface area (Å²) in [6, 6.07) is 3.43. The summed E-state index contributed by atoms with van der Waals surface area (Å²) in [6.45, 7) is 2.83. The van der Waals surface area contributed by atoms with Crippen molar-refractivity contribution in [1.82, 2.24) is 14.9 Å². The van der Waals surface area contributed by atoms with Crippen molar-refractivity contribution in [3.63, 3.8) is 0 Å². The number of hydrogen-bond acceptors (Lipinski definition) is 6. The third-order valence-electron chi connectivity index (χ3n) is 4.52. The van der Waals surface area contributed by atoms with Crippen molar-refractivity contribution in [2.75, 3.05) is 12.3 Å². The molecule has 1 aliphatic rings. The molecular formula is C18H24Br3N3O3S. The van der Waals surface area contributed by atoms with E-state index in [0.717, 1.165) is 28.1 Å². The van der Waals surface area contributed by atoms with Crippen LogP contribution in [0.3, 0.4) is 0 Å². The number of nitrogens with zero attached hydrogens (tertiary/aromatic N) is 2. The summed E-state index contributed by atoms with van der Waals surface area (Å²) in [5.74, 6) is 0.806. The fourth-order valence-electron chi connectivity index (χ4n) is 3.18. The number of aliphatic hydroxyl groups is 1. The van der Waals surface area contributed by atoms with Gasteiger partial charge in [0.25, 0.3) is 5.56 Å². The van der Waals surface area contributed by atoms with Crippen LogP contribution in [0.2, 0.25) is 0 Å². The van der Waals surface area contributed by atoms with Gasteiger partial charge < -0.3 is 10.4 Å².